The third-order valence-electron chi connectivity index (χ3n) is 6.07. The summed E-state index contributed by atoms with van der Waals surface area (Å²) < 4.78 is 0. The van der Waals surface area contributed by atoms with Crippen molar-refractivity contribution in [2.24, 2.45) is 0 Å². The first-order valence-electron chi connectivity index (χ1n) is 11.3. The fraction of sp³-hybridized carbons (Fsp3) is 0.333. The highest BCUT2D eigenvalue weighted by Crippen LogP contribution is 2.27. The molecule has 0 bridgehead atoms. The molecule has 2 aromatic carbocycles. The van der Waals surface area contributed by atoms with E-state index in [1.54, 1.807) is 12.4 Å². The Morgan fingerprint density at radius 1 is 0.935 bits per heavy atom. The lowest BCUT2D eigenvalue weighted by Crippen LogP contribution is -2.38. The number of aromatic nitrogens is 1. The van der Waals surface area contributed by atoms with Gasteiger partial charge in [-0.3, -0.25) is 9.78 Å². The smallest absolute Gasteiger partial charge is 0.255 e. The second-order valence-electron chi connectivity index (χ2n) is 8.26. The molecule has 1 amide bonds. The topological polar surface area (TPSA) is 36.4 Å². The zero-order valence-electron chi connectivity index (χ0n) is 18.1. The predicted molar refractivity (Wildman–Crippen MR) is 125 cm³/mol. The number of carbonyl (C=O) groups excluding carboxylic acids is 1. The number of benzene rings is 2. The standard InChI is InChI=1S/C27H31N3O/c31-27(25-15-9-16-28-22-25)30(20-10-19-29-17-7-8-18-29)26(24-13-5-2-6-14-24)21-23-11-3-1-4-12-23/h1-6,9,11-16,22,26H,7-8,10,17-21H2. The summed E-state index contributed by atoms with van der Waals surface area (Å²) in [7, 11) is 0. The van der Waals surface area contributed by atoms with Gasteiger partial charge in [-0.05, 0) is 68.6 Å². The molecule has 31 heavy (non-hydrogen) atoms. The Morgan fingerprint density at radius 2 is 1.65 bits per heavy atom. The molecule has 4 rings (SSSR count). The molecular weight excluding hydrogens is 382 g/mol. The average molecular weight is 414 g/mol. The molecule has 0 spiro atoms. The number of amides is 1. The minimum atomic E-state index is -0.0186. The second-order valence-corrected chi connectivity index (χ2v) is 8.26. The van der Waals surface area contributed by atoms with E-state index in [2.05, 4.69) is 63.3 Å². The van der Waals surface area contributed by atoms with E-state index in [1.165, 1.54) is 37.1 Å². The number of carbonyl (C=O) groups is 1. The Bertz CT molecular complexity index is 924. The van der Waals surface area contributed by atoms with Crippen LogP contribution in [0.4, 0.5) is 0 Å². The molecule has 1 fully saturated rings. The normalized spacial score (nSPS) is 15.0. The van der Waals surface area contributed by atoms with Crippen molar-refractivity contribution in [1.29, 1.82) is 0 Å². The summed E-state index contributed by atoms with van der Waals surface area (Å²) in [6, 6.07) is 24.6. The largest absolute Gasteiger partial charge is 0.331 e. The minimum Gasteiger partial charge on any atom is -0.331 e. The fourth-order valence-electron chi connectivity index (χ4n) is 4.45. The molecule has 0 aliphatic carbocycles. The second kappa shape index (κ2) is 10.9. The lowest BCUT2D eigenvalue weighted by molar-refractivity contribution is 0.0665. The SMILES string of the molecule is O=C(c1cccnc1)N(CCCN1CCCC1)C(Cc1ccccc1)c1ccccc1. The Hall–Kier alpha value is -2.98. The molecule has 1 saturated heterocycles. The van der Waals surface area contributed by atoms with Crippen LogP contribution in [0.2, 0.25) is 0 Å². The molecule has 0 radical (unpaired) electrons. The summed E-state index contributed by atoms with van der Waals surface area (Å²) in [6.45, 7) is 4.14. The van der Waals surface area contributed by atoms with E-state index in [4.69, 9.17) is 0 Å². The van der Waals surface area contributed by atoms with Crippen molar-refractivity contribution < 1.29 is 4.79 Å². The molecule has 1 aromatic heterocycles. The molecule has 1 atom stereocenters. The van der Waals surface area contributed by atoms with Crippen LogP contribution in [0, 0.1) is 0 Å². The summed E-state index contributed by atoms with van der Waals surface area (Å²) in [6.07, 6.45) is 7.75. The van der Waals surface area contributed by atoms with Crippen molar-refractivity contribution >= 4 is 5.91 Å². The first-order valence-corrected chi connectivity index (χ1v) is 11.3. The van der Waals surface area contributed by atoms with Crippen LogP contribution in [0.3, 0.4) is 0 Å². The van der Waals surface area contributed by atoms with Gasteiger partial charge in [-0.15, -0.1) is 0 Å². The molecule has 1 aliphatic rings. The number of pyridine rings is 1. The molecule has 2 heterocycles. The highest BCUT2D eigenvalue weighted by atomic mass is 16.2. The van der Waals surface area contributed by atoms with Crippen molar-refractivity contribution in [3.63, 3.8) is 0 Å². The molecule has 1 unspecified atom stereocenters. The number of hydrogen-bond acceptors (Lipinski definition) is 3. The third kappa shape index (κ3) is 5.80. The van der Waals surface area contributed by atoms with Gasteiger partial charge in [0.15, 0.2) is 0 Å². The van der Waals surface area contributed by atoms with Gasteiger partial charge >= 0.3 is 0 Å². The van der Waals surface area contributed by atoms with Crippen LogP contribution in [0.25, 0.3) is 0 Å². The Kier molecular flexibility index (Phi) is 7.46. The van der Waals surface area contributed by atoms with Gasteiger partial charge in [0.25, 0.3) is 5.91 Å². The van der Waals surface area contributed by atoms with Crippen molar-refractivity contribution in [2.75, 3.05) is 26.2 Å². The summed E-state index contributed by atoms with van der Waals surface area (Å²) in [5, 5.41) is 0. The van der Waals surface area contributed by atoms with E-state index in [-0.39, 0.29) is 11.9 Å². The van der Waals surface area contributed by atoms with Gasteiger partial charge in [0.2, 0.25) is 0 Å². The molecule has 3 aromatic rings. The molecule has 4 nitrogen and oxygen atoms in total. The maximum atomic E-state index is 13.6. The van der Waals surface area contributed by atoms with Gasteiger partial charge < -0.3 is 9.80 Å². The van der Waals surface area contributed by atoms with Crippen molar-refractivity contribution in [2.45, 2.75) is 31.7 Å². The molecular formula is C27H31N3O. The molecule has 0 N–H and O–H groups in total. The monoisotopic (exact) mass is 413 g/mol. The summed E-state index contributed by atoms with van der Waals surface area (Å²) in [5.41, 5.74) is 3.06. The van der Waals surface area contributed by atoms with Crippen molar-refractivity contribution in [3.8, 4) is 0 Å². The van der Waals surface area contributed by atoms with Gasteiger partial charge in [0.1, 0.15) is 0 Å². The summed E-state index contributed by atoms with van der Waals surface area (Å²) in [5.74, 6) is 0.0549. The zero-order chi connectivity index (χ0) is 21.3. The lowest BCUT2D eigenvalue weighted by atomic mass is 9.96. The van der Waals surface area contributed by atoms with E-state index in [9.17, 15) is 4.79 Å². The van der Waals surface area contributed by atoms with Gasteiger partial charge in [0.05, 0.1) is 11.6 Å². The van der Waals surface area contributed by atoms with Crippen LogP contribution >= 0.6 is 0 Å². The van der Waals surface area contributed by atoms with Crippen molar-refractivity contribution in [1.82, 2.24) is 14.8 Å². The Labute approximate surface area is 185 Å². The third-order valence-corrected chi connectivity index (χ3v) is 6.07. The first-order chi connectivity index (χ1) is 15.3. The Balaban J connectivity index is 1.61. The van der Waals surface area contributed by atoms with E-state index in [1.807, 2.05) is 24.3 Å². The highest BCUT2D eigenvalue weighted by molar-refractivity contribution is 5.94. The number of hydrogen-bond donors (Lipinski definition) is 0. The number of nitrogens with zero attached hydrogens (tertiary/aromatic N) is 3. The minimum absolute atomic E-state index is 0.0186. The quantitative estimate of drug-likeness (QED) is 0.496. The molecule has 160 valence electrons. The van der Waals surface area contributed by atoms with Gasteiger partial charge in [-0.1, -0.05) is 60.7 Å². The zero-order valence-corrected chi connectivity index (χ0v) is 18.1. The van der Waals surface area contributed by atoms with E-state index < -0.39 is 0 Å². The fourth-order valence-corrected chi connectivity index (χ4v) is 4.45. The van der Waals surface area contributed by atoms with Crippen LogP contribution in [-0.2, 0) is 6.42 Å². The van der Waals surface area contributed by atoms with Crippen LogP contribution in [0.15, 0.2) is 85.2 Å². The van der Waals surface area contributed by atoms with E-state index in [0.29, 0.717) is 5.56 Å². The van der Waals surface area contributed by atoms with E-state index >= 15 is 0 Å². The molecule has 1 aliphatic heterocycles. The maximum absolute atomic E-state index is 13.6. The van der Waals surface area contributed by atoms with Crippen LogP contribution in [-0.4, -0.2) is 46.9 Å². The lowest BCUT2D eigenvalue weighted by Gasteiger charge is -2.33. The summed E-state index contributed by atoms with van der Waals surface area (Å²) in [4.78, 5) is 22.4. The van der Waals surface area contributed by atoms with Crippen LogP contribution < -0.4 is 0 Å². The van der Waals surface area contributed by atoms with Crippen LogP contribution in [0.5, 0.6) is 0 Å². The van der Waals surface area contributed by atoms with Gasteiger partial charge in [0, 0.05) is 18.9 Å². The Morgan fingerprint density at radius 3 is 2.32 bits per heavy atom. The number of likely N-dealkylation sites (tertiary alicyclic amines) is 1. The molecule has 4 heteroatoms. The highest BCUT2D eigenvalue weighted by Gasteiger charge is 2.26. The van der Waals surface area contributed by atoms with Crippen LogP contribution in [0.1, 0.15) is 46.8 Å². The number of rotatable bonds is 9. The van der Waals surface area contributed by atoms with Crippen molar-refractivity contribution in [3.05, 3.63) is 102 Å². The van der Waals surface area contributed by atoms with E-state index in [0.717, 1.165) is 25.9 Å². The maximum Gasteiger partial charge on any atom is 0.255 e. The first kappa shape index (κ1) is 21.3. The summed E-state index contributed by atoms with van der Waals surface area (Å²) >= 11 is 0. The molecule has 0 saturated carbocycles. The average Bonchev–Trinajstić information content (AvgIpc) is 3.36. The van der Waals surface area contributed by atoms with Gasteiger partial charge in [-0.2, -0.15) is 0 Å². The predicted octanol–water partition coefficient (Wildman–Crippen LogP) is 4.99. The van der Waals surface area contributed by atoms with Gasteiger partial charge in [-0.25, -0.2) is 0 Å².